The number of halogens is 1. The maximum atomic E-state index is 12.9. The van der Waals surface area contributed by atoms with Gasteiger partial charge in [0, 0.05) is 12.0 Å². The highest BCUT2D eigenvalue weighted by Crippen LogP contribution is 2.29. The van der Waals surface area contributed by atoms with Crippen molar-refractivity contribution in [3.05, 3.63) is 29.6 Å². The first-order chi connectivity index (χ1) is 8.35. The lowest BCUT2D eigenvalue weighted by atomic mass is 10.1. The maximum Gasteiger partial charge on any atom is 0.318 e. The van der Waals surface area contributed by atoms with E-state index in [1.165, 1.54) is 18.2 Å². The predicted octanol–water partition coefficient (Wildman–Crippen LogP) is 0.629. The molecule has 1 aromatic rings. The molecule has 1 aliphatic heterocycles. The number of benzene rings is 1. The SMILES string of the molecule is O=C(O)CS(=O)(=O)CC1Cc2cc(F)ccc2O1. The van der Waals surface area contributed by atoms with Gasteiger partial charge in [-0.25, -0.2) is 12.8 Å². The van der Waals surface area contributed by atoms with Crippen LogP contribution in [0.4, 0.5) is 4.39 Å². The Morgan fingerprint density at radius 1 is 1.50 bits per heavy atom. The first-order valence-electron chi connectivity index (χ1n) is 5.23. The molecule has 0 amide bonds. The van der Waals surface area contributed by atoms with Gasteiger partial charge in [-0.2, -0.15) is 0 Å². The van der Waals surface area contributed by atoms with E-state index in [9.17, 15) is 17.6 Å². The molecule has 1 atom stereocenters. The van der Waals surface area contributed by atoms with Crippen molar-refractivity contribution in [3.63, 3.8) is 0 Å². The molecule has 7 heteroatoms. The van der Waals surface area contributed by atoms with E-state index in [-0.39, 0.29) is 12.2 Å². The highest BCUT2D eigenvalue weighted by molar-refractivity contribution is 7.92. The van der Waals surface area contributed by atoms with Gasteiger partial charge in [0.25, 0.3) is 0 Å². The zero-order chi connectivity index (χ0) is 13.3. The molecule has 0 bridgehead atoms. The summed E-state index contributed by atoms with van der Waals surface area (Å²) in [6, 6.07) is 3.96. The average Bonchev–Trinajstić information content (AvgIpc) is 2.55. The summed E-state index contributed by atoms with van der Waals surface area (Å²) in [5.41, 5.74) is 0.602. The summed E-state index contributed by atoms with van der Waals surface area (Å²) >= 11 is 0. The minimum atomic E-state index is -3.71. The Kier molecular flexibility index (Phi) is 3.25. The Hall–Kier alpha value is -1.63. The van der Waals surface area contributed by atoms with Crippen LogP contribution in [-0.4, -0.2) is 37.1 Å². The molecule has 0 saturated heterocycles. The quantitative estimate of drug-likeness (QED) is 0.871. The number of ether oxygens (including phenoxy) is 1. The van der Waals surface area contributed by atoms with Gasteiger partial charge in [0.2, 0.25) is 0 Å². The third-order valence-electron chi connectivity index (χ3n) is 2.55. The molecule has 0 aliphatic carbocycles. The average molecular weight is 274 g/mol. The molecule has 1 aliphatic rings. The van der Waals surface area contributed by atoms with Crippen LogP contribution in [0.15, 0.2) is 18.2 Å². The van der Waals surface area contributed by atoms with E-state index in [1.54, 1.807) is 0 Å². The van der Waals surface area contributed by atoms with Crippen LogP contribution >= 0.6 is 0 Å². The number of hydrogen-bond donors (Lipinski definition) is 1. The zero-order valence-electron chi connectivity index (χ0n) is 9.30. The standard InChI is InChI=1S/C11H11FO5S/c12-8-1-2-10-7(3-8)4-9(17-10)5-18(15,16)6-11(13)14/h1-3,9H,4-6H2,(H,13,14). The van der Waals surface area contributed by atoms with Crippen LogP contribution in [0, 0.1) is 5.82 Å². The summed E-state index contributed by atoms with van der Waals surface area (Å²) < 4.78 is 41.2. The summed E-state index contributed by atoms with van der Waals surface area (Å²) in [5.74, 6) is -2.65. The van der Waals surface area contributed by atoms with Gasteiger partial charge in [-0.05, 0) is 18.2 Å². The van der Waals surface area contributed by atoms with Crippen LogP contribution < -0.4 is 4.74 Å². The van der Waals surface area contributed by atoms with Crippen LogP contribution in [0.5, 0.6) is 5.75 Å². The summed E-state index contributed by atoms with van der Waals surface area (Å²) in [6.45, 7) is 0. The maximum absolute atomic E-state index is 12.9. The highest BCUT2D eigenvalue weighted by atomic mass is 32.2. The summed E-state index contributed by atoms with van der Waals surface area (Å²) in [6.07, 6.45) is -0.377. The third kappa shape index (κ3) is 2.98. The van der Waals surface area contributed by atoms with Crippen LogP contribution in [-0.2, 0) is 21.1 Å². The molecule has 1 N–H and O–H groups in total. The third-order valence-corrected chi connectivity index (χ3v) is 4.11. The Morgan fingerprint density at radius 3 is 2.89 bits per heavy atom. The van der Waals surface area contributed by atoms with Crippen LogP contribution in [0.1, 0.15) is 5.56 Å². The van der Waals surface area contributed by atoms with Crippen LogP contribution in [0.2, 0.25) is 0 Å². The second-order valence-corrected chi connectivity index (χ2v) is 6.25. The second kappa shape index (κ2) is 4.56. The van der Waals surface area contributed by atoms with Crippen molar-refractivity contribution >= 4 is 15.8 Å². The van der Waals surface area contributed by atoms with Crippen molar-refractivity contribution in [2.45, 2.75) is 12.5 Å². The van der Waals surface area contributed by atoms with E-state index >= 15 is 0 Å². The van der Waals surface area contributed by atoms with Crippen LogP contribution in [0.3, 0.4) is 0 Å². The minimum Gasteiger partial charge on any atom is -0.489 e. The number of sulfone groups is 1. The highest BCUT2D eigenvalue weighted by Gasteiger charge is 2.29. The molecule has 1 unspecified atom stereocenters. The van der Waals surface area contributed by atoms with Crippen LogP contribution in [0.25, 0.3) is 0 Å². The smallest absolute Gasteiger partial charge is 0.318 e. The molecule has 0 spiro atoms. The molecule has 1 aromatic carbocycles. The van der Waals surface area contributed by atoms with Gasteiger partial charge in [-0.3, -0.25) is 4.79 Å². The number of carbonyl (C=O) groups is 1. The predicted molar refractivity (Wildman–Crippen MR) is 60.8 cm³/mol. The monoisotopic (exact) mass is 274 g/mol. The Bertz CT molecular complexity index is 581. The van der Waals surface area contributed by atoms with Crippen molar-refractivity contribution in [1.82, 2.24) is 0 Å². The molecule has 0 saturated carbocycles. The molecule has 5 nitrogen and oxygen atoms in total. The van der Waals surface area contributed by atoms with Crippen molar-refractivity contribution in [2.75, 3.05) is 11.5 Å². The van der Waals surface area contributed by atoms with E-state index in [2.05, 4.69) is 0 Å². The molecule has 98 valence electrons. The molecule has 18 heavy (non-hydrogen) atoms. The van der Waals surface area contributed by atoms with Crippen molar-refractivity contribution in [2.24, 2.45) is 0 Å². The number of carboxylic acid groups (broad SMARTS) is 1. The molecular formula is C11H11FO5S. The first-order valence-corrected chi connectivity index (χ1v) is 7.05. The summed E-state index contributed by atoms with van der Waals surface area (Å²) in [4.78, 5) is 10.4. The number of aliphatic carboxylic acids is 1. The van der Waals surface area contributed by atoms with Gasteiger partial charge in [0.1, 0.15) is 23.4 Å². The van der Waals surface area contributed by atoms with Gasteiger partial charge in [0.15, 0.2) is 9.84 Å². The van der Waals surface area contributed by atoms with Gasteiger partial charge >= 0.3 is 5.97 Å². The number of rotatable bonds is 4. The fraction of sp³-hybridized carbons (Fsp3) is 0.364. The Labute approximate surface area is 103 Å². The molecule has 1 heterocycles. The Balaban J connectivity index is 2.06. The van der Waals surface area contributed by atoms with Gasteiger partial charge in [0.05, 0.1) is 5.75 Å². The first kappa shape index (κ1) is 12.8. The lowest BCUT2D eigenvalue weighted by molar-refractivity contribution is -0.134. The van der Waals surface area contributed by atoms with E-state index in [4.69, 9.17) is 9.84 Å². The number of carboxylic acids is 1. The van der Waals surface area contributed by atoms with Crippen molar-refractivity contribution < 1.29 is 27.4 Å². The van der Waals surface area contributed by atoms with Crippen molar-refractivity contribution in [1.29, 1.82) is 0 Å². The van der Waals surface area contributed by atoms with E-state index in [0.717, 1.165) is 0 Å². The fourth-order valence-corrected chi connectivity index (χ4v) is 3.16. The van der Waals surface area contributed by atoms with Gasteiger partial charge in [-0.15, -0.1) is 0 Å². The normalized spacial score (nSPS) is 18.2. The van der Waals surface area contributed by atoms with E-state index < -0.39 is 33.5 Å². The largest absolute Gasteiger partial charge is 0.489 e. The fourth-order valence-electron chi connectivity index (χ4n) is 1.91. The van der Waals surface area contributed by atoms with Gasteiger partial charge < -0.3 is 9.84 Å². The molecule has 2 rings (SSSR count). The topological polar surface area (TPSA) is 80.7 Å². The number of fused-ring (bicyclic) bond motifs is 1. The molecule has 0 aromatic heterocycles. The van der Waals surface area contributed by atoms with Crippen molar-refractivity contribution in [3.8, 4) is 5.75 Å². The Morgan fingerprint density at radius 2 is 2.22 bits per heavy atom. The lowest BCUT2D eigenvalue weighted by Gasteiger charge is -2.09. The molecule has 0 radical (unpaired) electrons. The van der Waals surface area contributed by atoms with E-state index in [0.29, 0.717) is 11.3 Å². The molecular weight excluding hydrogens is 263 g/mol. The molecule has 0 fully saturated rings. The second-order valence-electron chi connectivity index (χ2n) is 4.14. The number of hydrogen-bond acceptors (Lipinski definition) is 4. The minimum absolute atomic E-state index is 0.270. The lowest BCUT2D eigenvalue weighted by Crippen LogP contribution is -2.29. The zero-order valence-corrected chi connectivity index (χ0v) is 10.1. The van der Waals surface area contributed by atoms with Gasteiger partial charge in [-0.1, -0.05) is 0 Å². The summed E-state index contributed by atoms with van der Waals surface area (Å²) in [7, 11) is -3.71. The summed E-state index contributed by atoms with van der Waals surface area (Å²) in [5, 5.41) is 8.46. The van der Waals surface area contributed by atoms with E-state index in [1.807, 2.05) is 0 Å².